The molecule has 220 valence electrons. The summed E-state index contributed by atoms with van der Waals surface area (Å²) in [6.07, 6.45) is 3.55. The number of carbonyl (C=O) groups excluding carboxylic acids is 2. The van der Waals surface area contributed by atoms with Crippen LogP contribution in [-0.2, 0) is 13.1 Å². The molecule has 44 heavy (non-hydrogen) atoms. The Morgan fingerprint density at radius 1 is 0.932 bits per heavy atom. The van der Waals surface area contributed by atoms with E-state index in [1.54, 1.807) is 35.6 Å². The van der Waals surface area contributed by atoms with Crippen molar-refractivity contribution in [2.45, 2.75) is 13.1 Å². The maximum Gasteiger partial charge on any atom is 0.265 e. The van der Waals surface area contributed by atoms with Gasteiger partial charge < -0.3 is 19.3 Å². The van der Waals surface area contributed by atoms with Crippen LogP contribution in [0, 0.1) is 11.3 Å². The number of halogens is 1. The quantitative estimate of drug-likeness (QED) is 0.202. The summed E-state index contributed by atoms with van der Waals surface area (Å²) in [5.74, 6) is -0.127. The second-order valence-corrected chi connectivity index (χ2v) is 11.8. The van der Waals surface area contributed by atoms with Crippen LogP contribution in [-0.4, -0.2) is 52.4 Å². The van der Waals surface area contributed by atoms with Gasteiger partial charge in [0.1, 0.15) is 4.88 Å². The minimum absolute atomic E-state index is 0.0199. The lowest BCUT2D eigenvalue weighted by atomic mass is 10.1. The smallest absolute Gasteiger partial charge is 0.265 e. The molecule has 6 rings (SSSR count). The van der Waals surface area contributed by atoms with Crippen molar-refractivity contribution < 1.29 is 9.59 Å². The second kappa shape index (κ2) is 13.2. The summed E-state index contributed by atoms with van der Waals surface area (Å²) >= 11 is 7.56. The first-order valence-electron chi connectivity index (χ1n) is 14.2. The summed E-state index contributed by atoms with van der Waals surface area (Å²) < 4.78 is 2.02. The van der Waals surface area contributed by atoms with Crippen molar-refractivity contribution in [1.82, 2.24) is 14.5 Å². The highest BCUT2D eigenvalue weighted by Crippen LogP contribution is 2.27. The first kappa shape index (κ1) is 29.2. The van der Waals surface area contributed by atoms with Gasteiger partial charge in [-0.2, -0.15) is 5.26 Å². The molecule has 0 radical (unpaired) electrons. The van der Waals surface area contributed by atoms with E-state index in [1.807, 2.05) is 81.6 Å². The highest BCUT2D eigenvalue weighted by Gasteiger charge is 2.25. The van der Waals surface area contributed by atoms with Crippen LogP contribution < -0.4 is 9.80 Å². The van der Waals surface area contributed by atoms with Gasteiger partial charge in [0, 0.05) is 55.9 Å². The minimum atomic E-state index is -0.108. The number of hydrogen-bond donors (Lipinski definition) is 0. The Balaban J connectivity index is 1.19. The molecule has 0 atom stereocenters. The number of aromatic nitrogens is 2. The molecule has 1 saturated heterocycles. The zero-order chi connectivity index (χ0) is 30.5. The average Bonchev–Trinajstić information content (AvgIpc) is 3.72. The molecular formula is C34H29ClN6O2S. The normalized spacial score (nSPS) is 13.0. The average molecular weight is 621 g/mol. The van der Waals surface area contributed by atoms with E-state index in [2.05, 4.69) is 16.0 Å². The molecule has 0 N–H and O–H groups in total. The predicted octanol–water partition coefficient (Wildman–Crippen LogP) is 6.33. The summed E-state index contributed by atoms with van der Waals surface area (Å²) in [4.78, 5) is 37.6. The Morgan fingerprint density at radius 2 is 1.66 bits per heavy atom. The SMILES string of the molecule is N#Cc1ccc(Cn2cncc2CN(C(=O)c2ccccc2)c2ccc(N3CCN(C(=O)c4sccc4Cl)CC3)cc2)cc1. The molecule has 1 aliphatic heterocycles. The fourth-order valence-corrected chi connectivity index (χ4v) is 6.39. The molecular weight excluding hydrogens is 592 g/mol. The Morgan fingerprint density at radius 3 is 2.32 bits per heavy atom. The largest absolute Gasteiger partial charge is 0.368 e. The van der Waals surface area contributed by atoms with Gasteiger partial charge >= 0.3 is 0 Å². The Labute approximate surface area is 265 Å². The number of anilines is 2. The third kappa shape index (κ3) is 6.37. The Kier molecular flexibility index (Phi) is 8.73. The van der Waals surface area contributed by atoms with E-state index in [9.17, 15) is 9.59 Å². The van der Waals surface area contributed by atoms with Crippen LogP contribution in [0.3, 0.4) is 0 Å². The van der Waals surface area contributed by atoms with E-state index in [1.165, 1.54) is 11.3 Å². The van der Waals surface area contributed by atoms with E-state index in [0.717, 1.165) is 22.6 Å². The molecule has 3 heterocycles. The third-order valence-corrected chi connectivity index (χ3v) is 9.05. The van der Waals surface area contributed by atoms with Crippen molar-refractivity contribution in [2.24, 2.45) is 0 Å². The fraction of sp³-hybridized carbons (Fsp3) is 0.176. The molecule has 10 heteroatoms. The molecule has 3 aromatic carbocycles. The zero-order valence-corrected chi connectivity index (χ0v) is 25.4. The van der Waals surface area contributed by atoms with Gasteiger partial charge in [-0.25, -0.2) is 4.98 Å². The van der Waals surface area contributed by atoms with Crippen molar-refractivity contribution >= 4 is 46.1 Å². The number of rotatable bonds is 8. The van der Waals surface area contributed by atoms with Crippen LogP contribution in [0.1, 0.15) is 36.9 Å². The molecule has 5 aromatic rings. The van der Waals surface area contributed by atoms with Crippen LogP contribution in [0.5, 0.6) is 0 Å². The van der Waals surface area contributed by atoms with Gasteiger partial charge in [-0.15, -0.1) is 11.3 Å². The number of benzene rings is 3. The molecule has 1 fully saturated rings. The highest BCUT2D eigenvalue weighted by molar-refractivity contribution is 7.12. The van der Waals surface area contributed by atoms with E-state index in [0.29, 0.717) is 60.3 Å². The van der Waals surface area contributed by atoms with Gasteiger partial charge in [0.05, 0.1) is 35.2 Å². The number of nitrogens with zero attached hydrogens (tertiary/aromatic N) is 6. The lowest BCUT2D eigenvalue weighted by Gasteiger charge is -2.36. The third-order valence-electron chi connectivity index (χ3n) is 7.73. The molecule has 0 bridgehead atoms. The number of piperazine rings is 1. The number of imidazole rings is 1. The number of carbonyl (C=O) groups is 2. The van der Waals surface area contributed by atoms with Gasteiger partial charge in [-0.1, -0.05) is 41.9 Å². The zero-order valence-electron chi connectivity index (χ0n) is 23.8. The van der Waals surface area contributed by atoms with Gasteiger partial charge in [0.15, 0.2) is 0 Å². The molecule has 0 saturated carbocycles. The summed E-state index contributed by atoms with van der Waals surface area (Å²) in [6.45, 7) is 3.52. The standard InChI is InChI=1S/C34H29ClN6O2S/c35-31-14-19-44-32(31)34(43)39-17-15-38(16-18-39)28-10-12-29(13-11-28)41(33(42)27-4-2-1-3-5-27)23-30-21-37-24-40(30)22-26-8-6-25(20-36)7-9-26/h1-14,19,21,24H,15-18,22-23H2. The van der Waals surface area contributed by atoms with E-state index >= 15 is 0 Å². The lowest BCUT2D eigenvalue weighted by Crippen LogP contribution is -2.48. The molecule has 1 aliphatic rings. The number of nitriles is 1. The van der Waals surface area contributed by atoms with Crippen molar-refractivity contribution in [3.05, 3.63) is 135 Å². The van der Waals surface area contributed by atoms with Gasteiger partial charge in [-0.05, 0) is 65.5 Å². The first-order valence-corrected chi connectivity index (χ1v) is 15.5. The fourth-order valence-electron chi connectivity index (χ4n) is 5.28. The van der Waals surface area contributed by atoms with Crippen LogP contribution in [0.2, 0.25) is 5.02 Å². The monoisotopic (exact) mass is 620 g/mol. The molecule has 8 nitrogen and oxygen atoms in total. The maximum absolute atomic E-state index is 13.8. The first-order chi connectivity index (χ1) is 21.5. The summed E-state index contributed by atoms with van der Waals surface area (Å²) in [5, 5.41) is 11.5. The van der Waals surface area contributed by atoms with Crippen LogP contribution in [0.25, 0.3) is 0 Å². The topological polar surface area (TPSA) is 85.5 Å². The van der Waals surface area contributed by atoms with E-state index in [-0.39, 0.29) is 11.8 Å². The second-order valence-electron chi connectivity index (χ2n) is 10.5. The van der Waals surface area contributed by atoms with Gasteiger partial charge in [0.2, 0.25) is 0 Å². The van der Waals surface area contributed by atoms with E-state index < -0.39 is 0 Å². The molecule has 0 unspecified atom stereocenters. The van der Waals surface area contributed by atoms with E-state index in [4.69, 9.17) is 16.9 Å². The minimum Gasteiger partial charge on any atom is -0.368 e. The van der Waals surface area contributed by atoms with Crippen molar-refractivity contribution in [1.29, 1.82) is 5.26 Å². The summed E-state index contributed by atoms with van der Waals surface area (Å²) in [5.41, 5.74) is 4.94. The molecule has 0 spiro atoms. The maximum atomic E-state index is 13.8. The molecule has 0 aliphatic carbocycles. The Hall–Kier alpha value is -4.91. The van der Waals surface area contributed by atoms with Crippen LogP contribution in [0.4, 0.5) is 11.4 Å². The predicted molar refractivity (Wildman–Crippen MR) is 173 cm³/mol. The van der Waals surface area contributed by atoms with Crippen molar-refractivity contribution in [3.63, 3.8) is 0 Å². The van der Waals surface area contributed by atoms with Gasteiger partial charge in [0.25, 0.3) is 11.8 Å². The molecule has 2 aromatic heterocycles. The number of amides is 2. The van der Waals surface area contributed by atoms with Crippen LogP contribution in [0.15, 0.2) is 103 Å². The van der Waals surface area contributed by atoms with Crippen LogP contribution >= 0.6 is 22.9 Å². The molecule has 2 amide bonds. The van der Waals surface area contributed by atoms with Crippen molar-refractivity contribution in [2.75, 3.05) is 36.0 Å². The number of hydrogen-bond acceptors (Lipinski definition) is 6. The lowest BCUT2D eigenvalue weighted by molar-refractivity contribution is 0.0751. The van der Waals surface area contributed by atoms with Gasteiger partial charge in [-0.3, -0.25) is 9.59 Å². The highest BCUT2D eigenvalue weighted by atomic mass is 35.5. The van der Waals surface area contributed by atoms with Crippen molar-refractivity contribution in [3.8, 4) is 6.07 Å². The summed E-state index contributed by atoms with van der Waals surface area (Å²) in [6, 6.07) is 28.6. The number of thiophene rings is 1. The summed E-state index contributed by atoms with van der Waals surface area (Å²) in [7, 11) is 0. The Bertz CT molecular complexity index is 1790.